The Bertz CT molecular complexity index is 957. The normalized spacial score (nSPS) is 18.5. The number of nitrogens with one attached hydrogen (secondary N) is 1. The van der Waals surface area contributed by atoms with Gasteiger partial charge in [-0.05, 0) is 55.2 Å². The number of amides is 2. The molecule has 158 valence electrons. The first kappa shape index (κ1) is 21.2. The van der Waals surface area contributed by atoms with Crippen LogP contribution < -0.4 is 10.2 Å². The molecule has 2 amide bonds. The van der Waals surface area contributed by atoms with Crippen molar-refractivity contribution in [3.8, 4) is 0 Å². The molecule has 5 nitrogen and oxygen atoms in total. The minimum absolute atomic E-state index is 0.103. The highest BCUT2D eigenvalue weighted by atomic mass is 35.5. The summed E-state index contributed by atoms with van der Waals surface area (Å²) in [5.41, 5.74) is 1.98. The fourth-order valence-corrected chi connectivity index (χ4v) is 4.92. The lowest BCUT2D eigenvalue weighted by Crippen LogP contribution is -2.44. The van der Waals surface area contributed by atoms with Crippen molar-refractivity contribution < 1.29 is 14.3 Å². The molecule has 2 aliphatic heterocycles. The highest BCUT2D eigenvalue weighted by Crippen LogP contribution is 2.39. The van der Waals surface area contributed by atoms with Crippen molar-refractivity contribution in [3.05, 3.63) is 63.6 Å². The van der Waals surface area contributed by atoms with Gasteiger partial charge in [-0.3, -0.25) is 9.59 Å². The summed E-state index contributed by atoms with van der Waals surface area (Å²) in [5, 5.41) is 4.28. The number of hydrogen-bond donors (Lipinski definition) is 1. The zero-order chi connectivity index (χ0) is 21.1. The molecule has 0 aromatic heterocycles. The van der Waals surface area contributed by atoms with Gasteiger partial charge < -0.3 is 15.0 Å². The van der Waals surface area contributed by atoms with E-state index in [9.17, 15) is 9.59 Å². The summed E-state index contributed by atoms with van der Waals surface area (Å²) in [4.78, 5) is 26.7. The standard InChI is InChI=1S/C23H24Cl2N2O3/c24-17-6-7-19(20(25)14-17)23(8-11-30-12-9-23)15-26-22(29)16-3-1-4-18(13-16)27-10-2-5-21(27)28/h1,3-4,6-7,13-14H,2,5,8-12,15H2,(H,26,29). The average Bonchev–Trinajstić information content (AvgIpc) is 3.18. The van der Waals surface area contributed by atoms with Gasteiger partial charge in [-0.25, -0.2) is 0 Å². The third-order valence-corrected chi connectivity index (χ3v) is 6.58. The van der Waals surface area contributed by atoms with Crippen LogP contribution in [0.15, 0.2) is 42.5 Å². The Morgan fingerprint density at radius 2 is 1.93 bits per heavy atom. The van der Waals surface area contributed by atoms with Crippen LogP contribution >= 0.6 is 23.2 Å². The molecule has 4 rings (SSSR count). The monoisotopic (exact) mass is 446 g/mol. The lowest BCUT2D eigenvalue weighted by atomic mass is 9.74. The number of nitrogens with zero attached hydrogens (tertiary/aromatic N) is 1. The Balaban J connectivity index is 1.53. The number of carbonyl (C=O) groups excluding carboxylic acids is 2. The maximum Gasteiger partial charge on any atom is 0.251 e. The van der Waals surface area contributed by atoms with Crippen molar-refractivity contribution in [2.45, 2.75) is 31.1 Å². The van der Waals surface area contributed by atoms with Crippen molar-refractivity contribution in [1.29, 1.82) is 0 Å². The van der Waals surface area contributed by atoms with Crippen molar-refractivity contribution >= 4 is 40.7 Å². The van der Waals surface area contributed by atoms with Crippen molar-refractivity contribution in [2.24, 2.45) is 0 Å². The summed E-state index contributed by atoms with van der Waals surface area (Å²) in [6.45, 7) is 2.37. The molecule has 0 aliphatic carbocycles. The summed E-state index contributed by atoms with van der Waals surface area (Å²) < 4.78 is 5.56. The molecule has 7 heteroatoms. The third-order valence-electron chi connectivity index (χ3n) is 6.03. The predicted octanol–water partition coefficient (Wildman–Crippen LogP) is 4.60. The second-order valence-electron chi connectivity index (χ2n) is 7.90. The molecule has 2 saturated heterocycles. The van der Waals surface area contributed by atoms with Gasteiger partial charge in [0.1, 0.15) is 0 Å². The molecule has 30 heavy (non-hydrogen) atoms. The van der Waals surface area contributed by atoms with Crippen LogP contribution in [0.25, 0.3) is 0 Å². The molecule has 0 saturated carbocycles. The Labute approximate surface area is 186 Å². The van der Waals surface area contributed by atoms with Crippen molar-refractivity contribution in [3.63, 3.8) is 0 Å². The van der Waals surface area contributed by atoms with Crippen LogP contribution in [-0.2, 0) is 14.9 Å². The molecule has 2 fully saturated rings. The number of halogens is 2. The van der Waals surface area contributed by atoms with E-state index in [1.165, 1.54) is 0 Å². The summed E-state index contributed by atoms with van der Waals surface area (Å²) in [7, 11) is 0. The van der Waals surface area contributed by atoms with E-state index < -0.39 is 0 Å². The largest absolute Gasteiger partial charge is 0.381 e. The molecule has 0 radical (unpaired) electrons. The minimum Gasteiger partial charge on any atom is -0.381 e. The van der Waals surface area contributed by atoms with Gasteiger partial charge in [-0.15, -0.1) is 0 Å². The topological polar surface area (TPSA) is 58.6 Å². The van der Waals surface area contributed by atoms with Gasteiger partial charge in [0.2, 0.25) is 5.91 Å². The number of ether oxygens (including phenoxy) is 1. The predicted molar refractivity (Wildman–Crippen MR) is 119 cm³/mol. The van der Waals surface area contributed by atoms with Crippen LogP contribution in [0.4, 0.5) is 5.69 Å². The highest BCUT2D eigenvalue weighted by Gasteiger charge is 2.36. The van der Waals surface area contributed by atoms with Crippen LogP contribution in [0.2, 0.25) is 10.0 Å². The Morgan fingerprint density at radius 3 is 2.63 bits per heavy atom. The molecule has 2 aromatic carbocycles. The number of anilines is 1. The summed E-state index contributed by atoms with van der Waals surface area (Å²) in [5.74, 6) is -0.0643. The quantitative estimate of drug-likeness (QED) is 0.729. The van der Waals surface area contributed by atoms with Crippen LogP contribution in [-0.4, -0.2) is 38.1 Å². The maximum absolute atomic E-state index is 12.9. The van der Waals surface area contributed by atoms with Crippen molar-refractivity contribution in [1.82, 2.24) is 5.32 Å². The van der Waals surface area contributed by atoms with Crippen molar-refractivity contribution in [2.75, 3.05) is 31.2 Å². The van der Waals surface area contributed by atoms with Crippen LogP contribution in [0, 0.1) is 0 Å². The molecule has 1 N–H and O–H groups in total. The Kier molecular flexibility index (Phi) is 6.32. The summed E-state index contributed by atoms with van der Waals surface area (Å²) in [6.07, 6.45) is 2.93. The van der Waals surface area contributed by atoms with E-state index in [0.717, 1.165) is 30.5 Å². The molecule has 2 aliphatic rings. The Morgan fingerprint density at radius 1 is 1.13 bits per heavy atom. The van der Waals surface area contributed by atoms with Crippen LogP contribution in [0.5, 0.6) is 0 Å². The summed E-state index contributed by atoms with van der Waals surface area (Å²) in [6, 6.07) is 12.8. The molecule has 0 bridgehead atoms. The molecule has 0 atom stereocenters. The number of rotatable bonds is 5. The minimum atomic E-state index is -0.307. The molecule has 0 unspecified atom stereocenters. The molecular weight excluding hydrogens is 423 g/mol. The molecule has 0 spiro atoms. The fourth-order valence-electron chi connectivity index (χ4n) is 4.31. The fraction of sp³-hybridized carbons (Fsp3) is 0.391. The lowest BCUT2D eigenvalue weighted by molar-refractivity contribution is -0.117. The molecule has 2 heterocycles. The van der Waals surface area contributed by atoms with E-state index in [1.807, 2.05) is 24.3 Å². The first-order chi connectivity index (χ1) is 14.5. The van der Waals surface area contributed by atoms with Gasteiger partial charge >= 0.3 is 0 Å². The number of hydrogen-bond acceptors (Lipinski definition) is 3. The Hall–Kier alpha value is -2.08. The van der Waals surface area contributed by atoms with Crippen LogP contribution in [0.1, 0.15) is 41.6 Å². The van der Waals surface area contributed by atoms with Gasteiger partial charge in [0.25, 0.3) is 5.91 Å². The van der Waals surface area contributed by atoms with Gasteiger partial charge in [0.15, 0.2) is 0 Å². The lowest BCUT2D eigenvalue weighted by Gasteiger charge is -2.38. The maximum atomic E-state index is 12.9. The molecule has 2 aromatic rings. The zero-order valence-electron chi connectivity index (χ0n) is 16.6. The number of benzene rings is 2. The summed E-state index contributed by atoms with van der Waals surface area (Å²) >= 11 is 12.6. The van der Waals surface area contributed by atoms with E-state index in [4.69, 9.17) is 27.9 Å². The first-order valence-corrected chi connectivity index (χ1v) is 11.0. The average molecular weight is 447 g/mol. The van der Waals surface area contributed by atoms with Gasteiger partial charge in [-0.2, -0.15) is 0 Å². The smallest absolute Gasteiger partial charge is 0.251 e. The zero-order valence-corrected chi connectivity index (χ0v) is 18.1. The third kappa shape index (κ3) is 4.34. The van der Waals surface area contributed by atoms with Crippen LogP contribution in [0.3, 0.4) is 0 Å². The van der Waals surface area contributed by atoms with Gasteiger partial charge in [0, 0.05) is 59.4 Å². The second kappa shape index (κ2) is 8.96. The van der Waals surface area contributed by atoms with E-state index >= 15 is 0 Å². The van der Waals surface area contributed by atoms with E-state index in [2.05, 4.69) is 5.32 Å². The SMILES string of the molecule is O=C(NCC1(c2ccc(Cl)cc2Cl)CCOCC1)c1cccc(N2CCCC2=O)c1. The van der Waals surface area contributed by atoms with E-state index in [0.29, 0.717) is 48.3 Å². The molecular formula is C23H24Cl2N2O3. The van der Waals surface area contributed by atoms with Gasteiger partial charge in [0.05, 0.1) is 0 Å². The van der Waals surface area contributed by atoms with Gasteiger partial charge in [-0.1, -0.05) is 35.3 Å². The second-order valence-corrected chi connectivity index (χ2v) is 8.74. The van der Waals surface area contributed by atoms with E-state index in [-0.39, 0.29) is 17.2 Å². The first-order valence-electron chi connectivity index (χ1n) is 10.2. The number of carbonyl (C=O) groups is 2. The highest BCUT2D eigenvalue weighted by molar-refractivity contribution is 6.35. The van der Waals surface area contributed by atoms with E-state index in [1.54, 1.807) is 23.1 Å².